The van der Waals surface area contributed by atoms with Crippen molar-refractivity contribution < 1.29 is 27.6 Å². The molecule has 0 spiro atoms. The van der Waals surface area contributed by atoms with Gasteiger partial charge in [0.1, 0.15) is 4.75 Å². The van der Waals surface area contributed by atoms with Crippen LogP contribution < -0.4 is 5.48 Å². The van der Waals surface area contributed by atoms with Gasteiger partial charge >= 0.3 is 0 Å². The number of oxazole rings is 1. The molecular formula is C28H33N3O6S2. The fourth-order valence-corrected chi connectivity index (χ4v) is 9.39. The second kappa shape index (κ2) is 11.6. The summed E-state index contributed by atoms with van der Waals surface area (Å²) in [5.41, 5.74) is 3.38. The van der Waals surface area contributed by atoms with Crippen molar-refractivity contribution in [3.63, 3.8) is 0 Å². The highest BCUT2D eigenvalue weighted by Crippen LogP contribution is 2.45. The zero-order valence-corrected chi connectivity index (χ0v) is 23.3. The van der Waals surface area contributed by atoms with E-state index in [1.165, 1.54) is 24.2 Å². The number of thiophene rings is 1. The monoisotopic (exact) mass is 571 g/mol. The normalized spacial score (nSPS) is 21.8. The average molecular weight is 572 g/mol. The first-order chi connectivity index (χ1) is 18.8. The lowest BCUT2D eigenvalue weighted by Gasteiger charge is -2.30. The molecule has 11 heteroatoms. The minimum absolute atomic E-state index is 0.0155. The maximum Gasteiger partial charge on any atom is 0.245 e. The Morgan fingerprint density at radius 3 is 2.51 bits per heavy atom. The van der Waals surface area contributed by atoms with Crippen molar-refractivity contribution in [1.82, 2.24) is 15.4 Å². The second-order valence-corrected chi connectivity index (χ2v) is 14.0. The van der Waals surface area contributed by atoms with E-state index in [9.17, 15) is 23.2 Å². The predicted octanol–water partition coefficient (Wildman–Crippen LogP) is 4.78. The minimum Gasteiger partial charge on any atom is -0.444 e. The average Bonchev–Trinajstić information content (AvgIpc) is 3.64. The van der Waals surface area contributed by atoms with E-state index < -0.39 is 26.9 Å². The second-order valence-electron chi connectivity index (χ2n) is 10.5. The molecule has 1 saturated heterocycles. The third-order valence-electron chi connectivity index (χ3n) is 8.06. The molecule has 2 amide bonds. The first-order valence-corrected chi connectivity index (χ1v) is 15.8. The molecule has 1 atom stereocenters. The lowest BCUT2D eigenvalue weighted by Crippen LogP contribution is -2.41. The van der Waals surface area contributed by atoms with E-state index in [0.29, 0.717) is 23.0 Å². The minimum atomic E-state index is -3.86. The summed E-state index contributed by atoms with van der Waals surface area (Å²) in [6, 6.07) is 11.3. The van der Waals surface area contributed by atoms with E-state index in [1.807, 2.05) is 30.3 Å². The molecule has 1 aromatic carbocycles. The van der Waals surface area contributed by atoms with Gasteiger partial charge in [-0.1, -0.05) is 43.5 Å². The molecule has 9 nitrogen and oxygen atoms in total. The number of hydrogen-bond acceptors (Lipinski definition) is 8. The molecular weight excluding hydrogens is 538 g/mol. The number of nitrogens with zero attached hydrogens (tertiary/aromatic N) is 2. The van der Waals surface area contributed by atoms with Crippen molar-refractivity contribution in [2.75, 3.05) is 18.8 Å². The predicted molar refractivity (Wildman–Crippen MR) is 148 cm³/mol. The summed E-state index contributed by atoms with van der Waals surface area (Å²) in [6.45, 7) is 0.348. The Morgan fingerprint density at radius 1 is 1.08 bits per heavy atom. The number of nitrogens with one attached hydrogen (secondary N) is 1. The van der Waals surface area contributed by atoms with Gasteiger partial charge in [-0.25, -0.2) is 18.9 Å². The van der Waals surface area contributed by atoms with Crippen LogP contribution in [0.25, 0.3) is 21.8 Å². The molecule has 2 fully saturated rings. The summed E-state index contributed by atoms with van der Waals surface area (Å²) in [6.07, 6.45) is 8.66. The number of sulfone groups is 1. The quantitative estimate of drug-likeness (QED) is 0.308. The van der Waals surface area contributed by atoms with Crippen molar-refractivity contribution in [3.05, 3.63) is 53.9 Å². The van der Waals surface area contributed by atoms with Gasteiger partial charge in [-0.2, -0.15) is 0 Å². The first-order valence-electron chi connectivity index (χ1n) is 13.3. The third kappa shape index (κ3) is 5.80. The highest BCUT2D eigenvalue weighted by Gasteiger charge is 2.50. The maximum absolute atomic E-state index is 13.8. The molecule has 39 heavy (non-hydrogen) atoms. The van der Waals surface area contributed by atoms with Gasteiger partial charge < -0.3 is 9.32 Å². The Labute approximate surface area is 232 Å². The number of amides is 2. The highest BCUT2D eigenvalue weighted by molar-refractivity contribution is 7.92. The van der Waals surface area contributed by atoms with Gasteiger partial charge in [0.05, 0.1) is 18.4 Å². The number of benzene rings is 1. The summed E-state index contributed by atoms with van der Waals surface area (Å²) < 4.78 is 31.5. The van der Waals surface area contributed by atoms with Crippen LogP contribution in [-0.2, 0) is 24.2 Å². The van der Waals surface area contributed by atoms with E-state index in [2.05, 4.69) is 4.98 Å². The van der Waals surface area contributed by atoms with Crippen LogP contribution in [0, 0.1) is 5.92 Å². The molecule has 2 aromatic heterocycles. The molecule has 1 aliphatic carbocycles. The van der Waals surface area contributed by atoms with E-state index in [-0.39, 0.29) is 31.2 Å². The summed E-state index contributed by atoms with van der Waals surface area (Å²) in [5, 5.41) is 9.31. The molecule has 1 aliphatic heterocycles. The molecule has 208 valence electrons. The number of aromatic nitrogens is 1. The number of carbonyl (C=O) groups excluding carboxylic acids is 2. The zero-order chi connectivity index (χ0) is 27.5. The van der Waals surface area contributed by atoms with Crippen molar-refractivity contribution >= 4 is 33.0 Å². The summed E-state index contributed by atoms with van der Waals surface area (Å²) in [5.74, 6) is -0.0210. The molecule has 3 aromatic rings. The van der Waals surface area contributed by atoms with Crippen molar-refractivity contribution in [3.8, 4) is 21.8 Å². The van der Waals surface area contributed by atoms with Crippen LogP contribution in [0.1, 0.15) is 56.2 Å². The fraction of sp³-hybridized carbons (Fsp3) is 0.464. The highest BCUT2D eigenvalue weighted by atomic mass is 32.2. The topological polar surface area (TPSA) is 130 Å². The SMILES string of the molecule is O=C(C[C@]1(c2ccc(-c3ccc(-c4cnco4)cc3)s2)CCN(C(=O)CC2CCCCC2)CCS1(=O)=O)NO. The van der Waals surface area contributed by atoms with Crippen LogP contribution in [0.4, 0.5) is 0 Å². The van der Waals surface area contributed by atoms with Gasteiger partial charge in [-0.15, -0.1) is 11.3 Å². The molecule has 0 radical (unpaired) electrons. The van der Waals surface area contributed by atoms with E-state index >= 15 is 0 Å². The summed E-state index contributed by atoms with van der Waals surface area (Å²) in [7, 11) is -3.86. The lowest BCUT2D eigenvalue weighted by atomic mass is 9.86. The molecule has 0 unspecified atom stereocenters. The molecule has 3 heterocycles. The van der Waals surface area contributed by atoms with Gasteiger partial charge in [-0.05, 0) is 42.9 Å². The fourth-order valence-electron chi connectivity index (χ4n) is 5.78. The van der Waals surface area contributed by atoms with Gasteiger partial charge in [0.15, 0.2) is 22.0 Å². The Bertz CT molecular complexity index is 1400. The maximum atomic E-state index is 13.8. The smallest absolute Gasteiger partial charge is 0.245 e. The van der Waals surface area contributed by atoms with Crippen LogP contribution in [0.3, 0.4) is 0 Å². The van der Waals surface area contributed by atoms with Crippen molar-refractivity contribution in [1.29, 1.82) is 0 Å². The number of carbonyl (C=O) groups is 2. The van der Waals surface area contributed by atoms with Crippen LogP contribution in [-0.4, -0.2) is 54.2 Å². The number of hydrogen-bond donors (Lipinski definition) is 2. The standard InChI is InChI=1S/C28H33N3O6S2/c32-26(30-34)17-28(12-13-31(14-15-39(28,35)36)27(33)16-20-4-2-1-3-5-20)25-11-10-24(38-25)22-8-6-21(7-9-22)23-18-29-19-37-23/h6-11,18-20,34H,1-5,12-17H2,(H,30,32)/t28-/m0/s1. The molecule has 5 rings (SSSR count). The molecule has 2 N–H and O–H groups in total. The Morgan fingerprint density at radius 2 is 1.82 bits per heavy atom. The summed E-state index contributed by atoms with van der Waals surface area (Å²) >= 11 is 1.32. The van der Waals surface area contributed by atoms with Gasteiger partial charge in [-0.3, -0.25) is 14.8 Å². The third-order valence-corrected chi connectivity index (χ3v) is 12.0. The Balaban J connectivity index is 1.41. The molecule has 0 bridgehead atoms. The Hall–Kier alpha value is -3.02. The van der Waals surface area contributed by atoms with Gasteiger partial charge in [0.2, 0.25) is 11.8 Å². The van der Waals surface area contributed by atoms with E-state index in [1.54, 1.807) is 22.6 Å². The number of hydroxylamine groups is 1. The van der Waals surface area contributed by atoms with Crippen LogP contribution in [0.15, 0.2) is 53.4 Å². The van der Waals surface area contributed by atoms with E-state index in [0.717, 1.165) is 41.7 Å². The largest absolute Gasteiger partial charge is 0.444 e. The lowest BCUT2D eigenvalue weighted by molar-refractivity contribution is -0.132. The molecule has 2 aliphatic rings. The van der Waals surface area contributed by atoms with E-state index in [4.69, 9.17) is 4.42 Å². The zero-order valence-electron chi connectivity index (χ0n) is 21.7. The van der Waals surface area contributed by atoms with Gasteiger partial charge in [0.25, 0.3) is 0 Å². The van der Waals surface area contributed by atoms with Crippen LogP contribution in [0.5, 0.6) is 0 Å². The van der Waals surface area contributed by atoms with Crippen molar-refractivity contribution in [2.45, 2.75) is 56.1 Å². The molecule has 1 saturated carbocycles. The van der Waals surface area contributed by atoms with Crippen LogP contribution >= 0.6 is 11.3 Å². The van der Waals surface area contributed by atoms with Gasteiger partial charge in [0, 0.05) is 34.8 Å². The van der Waals surface area contributed by atoms with Crippen molar-refractivity contribution in [2.24, 2.45) is 5.92 Å². The van der Waals surface area contributed by atoms with Crippen LogP contribution in [0.2, 0.25) is 0 Å². The Kier molecular flexibility index (Phi) is 8.20. The number of rotatable bonds is 7. The first kappa shape index (κ1) is 27.5. The summed E-state index contributed by atoms with van der Waals surface area (Å²) in [4.78, 5) is 32.6.